The summed E-state index contributed by atoms with van der Waals surface area (Å²) in [5.74, 6) is 1.25. The number of piperidine rings is 2. The van der Waals surface area contributed by atoms with Crippen molar-refractivity contribution >= 4 is 5.91 Å². The fourth-order valence-corrected chi connectivity index (χ4v) is 4.80. The van der Waals surface area contributed by atoms with Crippen LogP contribution in [0.15, 0.2) is 0 Å². The topological polar surface area (TPSA) is 30.0 Å². The van der Waals surface area contributed by atoms with Crippen molar-refractivity contribution in [3.63, 3.8) is 0 Å². The minimum atomic E-state index is 0.346. The molecule has 0 radical (unpaired) electrons. The Morgan fingerprint density at radius 3 is 2.12 bits per heavy atom. The molecule has 0 spiro atoms. The molecule has 3 fully saturated rings. The Bertz CT molecular complexity index is 433. The van der Waals surface area contributed by atoms with Crippen LogP contribution in [-0.4, -0.2) is 96.5 Å². The Hall–Kier alpha value is -0.650. The van der Waals surface area contributed by atoms with E-state index in [1.165, 1.54) is 45.2 Å². The summed E-state index contributed by atoms with van der Waals surface area (Å²) in [6, 6.07) is 1.40. The summed E-state index contributed by atoms with van der Waals surface area (Å²) in [7, 11) is 0. The van der Waals surface area contributed by atoms with E-state index in [0.717, 1.165) is 51.2 Å². The summed E-state index contributed by atoms with van der Waals surface area (Å²) in [5.41, 5.74) is 0. The third kappa shape index (κ3) is 5.20. The summed E-state index contributed by atoms with van der Waals surface area (Å²) in [6.07, 6.45) is 6.40. The average Bonchev–Trinajstić information content (AvgIpc) is 2.69. The molecule has 0 saturated carbocycles. The highest BCUT2D eigenvalue weighted by atomic mass is 16.2. The molecule has 3 rings (SSSR count). The molecule has 5 heteroatoms. The third-order valence-electron chi connectivity index (χ3n) is 7.13. The van der Waals surface area contributed by atoms with Gasteiger partial charge in [-0.3, -0.25) is 14.6 Å². The molecule has 0 aromatic carbocycles. The zero-order chi connectivity index (χ0) is 18.5. The van der Waals surface area contributed by atoms with Crippen molar-refractivity contribution < 1.29 is 4.79 Å². The first-order valence-corrected chi connectivity index (χ1v) is 11.0. The highest BCUT2D eigenvalue weighted by Crippen LogP contribution is 2.23. The third-order valence-corrected chi connectivity index (χ3v) is 7.13. The zero-order valence-corrected chi connectivity index (χ0v) is 17.3. The van der Waals surface area contributed by atoms with Crippen molar-refractivity contribution in [2.75, 3.05) is 58.9 Å². The Kier molecular flexibility index (Phi) is 7.35. The summed E-state index contributed by atoms with van der Waals surface area (Å²) in [4.78, 5) is 22.4. The monoisotopic (exact) mass is 364 g/mol. The molecule has 26 heavy (non-hydrogen) atoms. The molecule has 3 saturated heterocycles. The number of carbonyl (C=O) groups is 1. The molecule has 3 aliphatic heterocycles. The van der Waals surface area contributed by atoms with Gasteiger partial charge in [0.15, 0.2) is 0 Å². The van der Waals surface area contributed by atoms with E-state index >= 15 is 0 Å². The molecule has 0 aliphatic carbocycles. The van der Waals surface area contributed by atoms with Crippen molar-refractivity contribution in [1.82, 2.24) is 19.6 Å². The maximum absolute atomic E-state index is 12.7. The van der Waals surface area contributed by atoms with Gasteiger partial charge >= 0.3 is 0 Å². The van der Waals surface area contributed by atoms with Crippen molar-refractivity contribution in [3.05, 3.63) is 0 Å². The second-order valence-corrected chi connectivity index (χ2v) is 8.90. The number of likely N-dealkylation sites (tertiary alicyclic amines) is 2. The highest BCUT2D eigenvalue weighted by molar-refractivity contribution is 5.78. The normalized spacial score (nSPS) is 27.0. The molecule has 0 unspecified atom stereocenters. The molecular formula is C21H40N4O. The number of rotatable bonds is 5. The SMILES string of the molecule is CC[C@H](C)N1CCN(C(=O)CN2CCC(N3CCC(C)CC3)CC2)CC1. The highest BCUT2D eigenvalue weighted by Gasteiger charge is 2.29. The van der Waals surface area contributed by atoms with Crippen molar-refractivity contribution in [2.45, 2.75) is 65.0 Å². The minimum Gasteiger partial charge on any atom is -0.339 e. The van der Waals surface area contributed by atoms with Crippen LogP contribution >= 0.6 is 0 Å². The van der Waals surface area contributed by atoms with Gasteiger partial charge in [0.1, 0.15) is 0 Å². The predicted molar refractivity (Wildman–Crippen MR) is 107 cm³/mol. The molecule has 1 atom stereocenters. The second-order valence-electron chi connectivity index (χ2n) is 8.90. The van der Waals surface area contributed by atoms with Crippen LogP contribution in [0.25, 0.3) is 0 Å². The van der Waals surface area contributed by atoms with Crippen LogP contribution in [0.4, 0.5) is 0 Å². The standard InChI is InChI=1S/C21H40N4O/c1-4-19(3)23-13-15-25(16-14-23)21(26)17-22-9-7-20(8-10-22)24-11-5-18(2)6-12-24/h18-20H,4-17H2,1-3H3/t19-/m0/s1. The molecule has 1 amide bonds. The fourth-order valence-electron chi connectivity index (χ4n) is 4.80. The van der Waals surface area contributed by atoms with Gasteiger partial charge in [-0.15, -0.1) is 0 Å². The molecule has 3 heterocycles. The van der Waals surface area contributed by atoms with Gasteiger partial charge in [0.25, 0.3) is 0 Å². The van der Waals surface area contributed by atoms with E-state index in [1.54, 1.807) is 0 Å². The van der Waals surface area contributed by atoms with E-state index in [1.807, 2.05) is 0 Å². The maximum Gasteiger partial charge on any atom is 0.236 e. The molecule has 5 nitrogen and oxygen atoms in total. The molecule has 0 N–H and O–H groups in total. The molecule has 0 aromatic heterocycles. The van der Waals surface area contributed by atoms with E-state index in [2.05, 4.69) is 40.4 Å². The van der Waals surface area contributed by atoms with E-state index in [9.17, 15) is 4.79 Å². The molecule has 3 aliphatic rings. The molecule has 150 valence electrons. The van der Waals surface area contributed by atoms with E-state index in [-0.39, 0.29) is 0 Å². The smallest absolute Gasteiger partial charge is 0.236 e. The lowest BCUT2D eigenvalue weighted by molar-refractivity contribution is -0.134. The van der Waals surface area contributed by atoms with Crippen molar-refractivity contribution in [3.8, 4) is 0 Å². The predicted octanol–water partition coefficient (Wildman–Crippen LogP) is 2.13. The van der Waals surface area contributed by atoms with Gasteiger partial charge in [-0.05, 0) is 58.0 Å². The van der Waals surface area contributed by atoms with Crippen LogP contribution in [0, 0.1) is 5.92 Å². The van der Waals surface area contributed by atoms with E-state index < -0.39 is 0 Å². The quantitative estimate of drug-likeness (QED) is 0.748. The van der Waals surface area contributed by atoms with E-state index in [0.29, 0.717) is 18.5 Å². The largest absolute Gasteiger partial charge is 0.339 e. The zero-order valence-electron chi connectivity index (χ0n) is 17.3. The van der Waals surface area contributed by atoms with E-state index in [4.69, 9.17) is 0 Å². The summed E-state index contributed by atoms with van der Waals surface area (Å²) < 4.78 is 0. The lowest BCUT2D eigenvalue weighted by Gasteiger charge is -2.42. The van der Waals surface area contributed by atoms with Crippen molar-refractivity contribution in [1.29, 1.82) is 0 Å². The first kappa shape index (κ1) is 20.1. The van der Waals surface area contributed by atoms with Gasteiger partial charge in [-0.2, -0.15) is 0 Å². The molecule has 0 aromatic rings. The Labute approximate surface area is 160 Å². The number of hydrogen-bond donors (Lipinski definition) is 0. The van der Waals surface area contributed by atoms with Crippen LogP contribution in [-0.2, 0) is 4.79 Å². The number of carbonyl (C=O) groups excluding carboxylic acids is 1. The second kappa shape index (κ2) is 9.52. The number of piperazine rings is 1. The van der Waals surface area contributed by atoms with Crippen LogP contribution in [0.3, 0.4) is 0 Å². The summed E-state index contributed by atoms with van der Waals surface area (Å²) in [5, 5.41) is 0. The summed E-state index contributed by atoms with van der Waals surface area (Å²) >= 11 is 0. The maximum atomic E-state index is 12.7. The van der Waals surface area contributed by atoms with Gasteiger partial charge in [-0.25, -0.2) is 0 Å². The number of nitrogens with zero attached hydrogens (tertiary/aromatic N) is 4. The average molecular weight is 365 g/mol. The summed E-state index contributed by atoms with van der Waals surface area (Å²) in [6.45, 7) is 16.2. The Morgan fingerprint density at radius 1 is 0.923 bits per heavy atom. The lowest BCUT2D eigenvalue weighted by Crippen LogP contribution is -2.54. The first-order chi connectivity index (χ1) is 12.6. The van der Waals surface area contributed by atoms with Crippen LogP contribution in [0.2, 0.25) is 0 Å². The van der Waals surface area contributed by atoms with Crippen LogP contribution in [0.5, 0.6) is 0 Å². The Morgan fingerprint density at radius 2 is 1.54 bits per heavy atom. The number of amides is 1. The fraction of sp³-hybridized carbons (Fsp3) is 0.952. The van der Waals surface area contributed by atoms with Gasteiger partial charge in [0.05, 0.1) is 6.54 Å². The van der Waals surface area contributed by atoms with Gasteiger partial charge < -0.3 is 9.80 Å². The number of hydrogen-bond acceptors (Lipinski definition) is 4. The van der Waals surface area contributed by atoms with Gasteiger partial charge in [0.2, 0.25) is 5.91 Å². The molecular weight excluding hydrogens is 324 g/mol. The van der Waals surface area contributed by atoms with Gasteiger partial charge in [-0.1, -0.05) is 13.8 Å². The van der Waals surface area contributed by atoms with Crippen molar-refractivity contribution in [2.24, 2.45) is 5.92 Å². The van der Waals surface area contributed by atoms with Crippen LogP contribution < -0.4 is 0 Å². The first-order valence-electron chi connectivity index (χ1n) is 11.0. The minimum absolute atomic E-state index is 0.346. The van der Waals surface area contributed by atoms with Gasteiger partial charge in [0, 0.05) is 51.4 Å². The Balaban J connectivity index is 1.36. The lowest BCUT2D eigenvalue weighted by atomic mass is 9.95. The van der Waals surface area contributed by atoms with Crippen LogP contribution in [0.1, 0.15) is 52.9 Å². The molecule has 0 bridgehead atoms.